The first-order valence-electron chi connectivity index (χ1n) is 9.27. The lowest BCUT2D eigenvalue weighted by Crippen LogP contribution is -2.24. The number of carboxylic acid groups (broad SMARTS) is 1. The largest absolute Gasteiger partial charge is 0.481 e. The van der Waals surface area contributed by atoms with E-state index in [1.54, 1.807) is 17.7 Å². The lowest BCUT2D eigenvalue weighted by atomic mass is 9.89. The van der Waals surface area contributed by atoms with Gasteiger partial charge in [-0.05, 0) is 40.5 Å². The van der Waals surface area contributed by atoms with E-state index in [1.165, 1.54) is 0 Å². The molecule has 1 saturated carbocycles. The fraction of sp³-hybridized carbons (Fsp3) is 0.304. The number of allylic oxidation sites excluding steroid dienone is 2. The van der Waals surface area contributed by atoms with Crippen molar-refractivity contribution in [3.63, 3.8) is 0 Å². The Morgan fingerprint density at radius 1 is 1.25 bits per heavy atom. The van der Waals surface area contributed by atoms with Gasteiger partial charge in [-0.25, -0.2) is 0 Å². The molecule has 0 saturated heterocycles. The summed E-state index contributed by atoms with van der Waals surface area (Å²) in [7, 11) is 0. The SMILES string of the molecule is CC1(C)[C@H](/C=C2\C=CSC2=O)[C@@]1(Cc1coc(Cc2ccccc2)c1)C(=O)O. The molecule has 1 aliphatic heterocycles. The van der Waals surface area contributed by atoms with E-state index >= 15 is 0 Å². The molecule has 0 unspecified atom stereocenters. The van der Waals surface area contributed by atoms with E-state index < -0.39 is 16.8 Å². The number of rotatable bonds is 6. The van der Waals surface area contributed by atoms with Gasteiger partial charge in [-0.2, -0.15) is 0 Å². The monoisotopic (exact) mass is 394 g/mol. The van der Waals surface area contributed by atoms with E-state index in [4.69, 9.17) is 4.42 Å². The van der Waals surface area contributed by atoms with Crippen LogP contribution in [0.5, 0.6) is 0 Å². The van der Waals surface area contributed by atoms with Crippen LogP contribution in [0.1, 0.15) is 30.7 Å². The summed E-state index contributed by atoms with van der Waals surface area (Å²) >= 11 is 1.14. The molecule has 5 heteroatoms. The number of hydrogen-bond acceptors (Lipinski definition) is 4. The minimum atomic E-state index is -0.935. The van der Waals surface area contributed by atoms with Crippen LogP contribution < -0.4 is 0 Å². The maximum absolute atomic E-state index is 12.3. The third-order valence-electron chi connectivity index (χ3n) is 6.17. The van der Waals surface area contributed by atoms with Crippen molar-refractivity contribution in [1.29, 1.82) is 0 Å². The van der Waals surface area contributed by atoms with Gasteiger partial charge in [-0.1, -0.05) is 62.0 Å². The van der Waals surface area contributed by atoms with Crippen LogP contribution in [-0.2, 0) is 22.4 Å². The topological polar surface area (TPSA) is 67.5 Å². The lowest BCUT2D eigenvalue weighted by molar-refractivity contribution is -0.145. The molecule has 0 amide bonds. The Morgan fingerprint density at radius 3 is 2.64 bits per heavy atom. The average molecular weight is 394 g/mol. The van der Waals surface area contributed by atoms with Gasteiger partial charge in [-0.15, -0.1) is 0 Å². The smallest absolute Gasteiger partial charge is 0.311 e. The quantitative estimate of drug-likeness (QED) is 0.709. The van der Waals surface area contributed by atoms with E-state index in [0.29, 0.717) is 18.4 Å². The van der Waals surface area contributed by atoms with Crippen molar-refractivity contribution in [3.8, 4) is 0 Å². The van der Waals surface area contributed by atoms with Crippen molar-refractivity contribution >= 4 is 22.8 Å². The third-order valence-corrected chi connectivity index (χ3v) is 6.90. The lowest BCUT2D eigenvalue weighted by Gasteiger charge is -2.14. The maximum Gasteiger partial charge on any atom is 0.311 e. The van der Waals surface area contributed by atoms with Crippen LogP contribution in [0.4, 0.5) is 0 Å². The summed E-state index contributed by atoms with van der Waals surface area (Å²) in [6, 6.07) is 12.0. The molecule has 1 aromatic carbocycles. The molecule has 2 heterocycles. The second-order valence-electron chi connectivity index (χ2n) is 8.07. The van der Waals surface area contributed by atoms with E-state index in [1.807, 2.05) is 56.3 Å². The van der Waals surface area contributed by atoms with Crippen molar-refractivity contribution in [2.45, 2.75) is 26.7 Å². The summed E-state index contributed by atoms with van der Waals surface area (Å²) in [4.78, 5) is 24.2. The van der Waals surface area contributed by atoms with Crippen LogP contribution in [0.2, 0.25) is 0 Å². The van der Waals surface area contributed by atoms with Gasteiger partial charge in [0.15, 0.2) is 0 Å². The molecule has 2 aromatic rings. The molecule has 1 aliphatic carbocycles. The van der Waals surface area contributed by atoms with E-state index in [2.05, 4.69) is 0 Å². The summed E-state index contributed by atoms with van der Waals surface area (Å²) in [5, 5.41) is 11.8. The van der Waals surface area contributed by atoms with Crippen molar-refractivity contribution in [2.24, 2.45) is 16.7 Å². The second kappa shape index (κ2) is 6.82. The number of aliphatic carboxylic acids is 1. The van der Waals surface area contributed by atoms with Gasteiger partial charge >= 0.3 is 5.97 Å². The fourth-order valence-electron chi connectivity index (χ4n) is 4.41. The standard InChI is InChI=1S/C23H22O4S/c1-22(2)19(12-17-8-9-28-20(17)24)23(22,21(25)26)13-16-11-18(27-14-16)10-15-6-4-3-5-7-15/h3-9,11-12,14,19H,10,13H2,1-2H3,(H,25,26)/b17-12+/t19-,23-/m0/s1. The molecule has 0 radical (unpaired) electrons. The van der Waals surface area contributed by atoms with Crippen LogP contribution in [-0.4, -0.2) is 16.2 Å². The van der Waals surface area contributed by atoms with Gasteiger partial charge in [0.2, 0.25) is 5.12 Å². The highest BCUT2D eigenvalue weighted by atomic mass is 32.2. The molecule has 1 fully saturated rings. The third kappa shape index (κ3) is 3.04. The van der Waals surface area contributed by atoms with Gasteiger partial charge in [0, 0.05) is 17.9 Å². The van der Waals surface area contributed by atoms with E-state index in [9.17, 15) is 14.7 Å². The Labute approximate surface area is 168 Å². The summed E-state index contributed by atoms with van der Waals surface area (Å²) in [6.45, 7) is 3.92. The summed E-state index contributed by atoms with van der Waals surface area (Å²) in [6.07, 6.45) is 6.33. The van der Waals surface area contributed by atoms with Crippen molar-refractivity contribution in [3.05, 3.63) is 82.7 Å². The highest BCUT2D eigenvalue weighted by Gasteiger charge is 2.74. The first kappa shape index (κ1) is 18.8. The Bertz CT molecular complexity index is 983. The molecular weight excluding hydrogens is 372 g/mol. The van der Waals surface area contributed by atoms with Crippen LogP contribution in [0.3, 0.4) is 0 Å². The number of benzene rings is 1. The highest BCUT2D eigenvalue weighted by Crippen LogP contribution is 2.71. The van der Waals surface area contributed by atoms with Gasteiger partial charge < -0.3 is 9.52 Å². The zero-order valence-electron chi connectivity index (χ0n) is 15.8. The Morgan fingerprint density at radius 2 is 2.00 bits per heavy atom. The molecule has 1 N–H and O–H groups in total. The number of carbonyl (C=O) groups is 2. The summed E-state index contributed by atoms with van der Waals surface area (Å²) < 4.78 is 5.70. The number of carbonyl (C=O) groups excluding carboxylic acids is 1. The molecule has 4 nitrogen and oxygen atoms in total. The average Bonchev–Trinajstić information content (AvgIpc) is 3.04. The minimum Gasteiger partial charge on any atom is -0.481 e. The Hall–Kier alpha value is -2.53. The minimum absolute atomic E-state index is 0.0181. The first-order chi connectivity index (χ1) is 13.3. The zero-order valence-corrected chi connectivity index (χ0v) is 16.7. The Kier molecular flexibility index (Phi) is 4.58. The van der Waals surface area contributed by atoms with E-state index in [0.717, 1.165) is 28.6 Å². The fourth-order valence-corrected chi connectivity index (χ4v) is 5.02. The first-order valence-corrected chi connectivity index (χ1v) is 10.2. The zero-order chi connectivity index (χ0) is 19.9. The molecule has 0 spiro atoms. The van der Waals surface area contributed by atoms with Gasteiger partial charge in [0.1, 0.15) is 5.76 Å². The van der Waals surface area contributed by atoms with Crippen molar-refractivity contribution in [1.82, 2.24) is 0 Å². The molecule has 28 heavy (non-hydrogen) atoms. The number of furan rings is 1. The van der Waals surface area contributed by atoms with Crippen LogP contribution in [0, 0.1) is 16.7 Å². The maximum atomic E-state index is 12.3. The summed E-state index contributed by atoms with van der Waals surface area (Å²) in [5.74, 6) is -0.208. The molecule has 0 bridgehead atoms. The van der Waals surface area contributed by atoms with Gasteiger partial charge in [0.05, 0.1) is 11.7 Å². The Balaban J connectivity index is 1.57. The van der Waals surface area contributed by atoms with Crippen LogP contribution in [0.15, 0.2) is 70.2 Å². The molecule has 144 valence electrons. The van der Waals surface area contributed by atoms with Crippen LogP contribution in [0.25, 0.3) is 0 Å². The number of carboxylic acids is 1. The van der Waals surface area contributed by atoms with E-state index in [-0.39, 0.29) is 11.0 Å². The van der Waals surface area contributed by atoms with Crippen molar-refractivity contribution in [2.75, 3.05) is 0 Å². The molecule has 4 rings (SSSR count). The molecule has 2 aliphatic rings. The highest BCUT2D eigenvalue weighted by molar-refractivity contribution is 8.17. The molecule has 2 atom stereocenters. The predicted octanol–water partition coefficient (Wildman–Crippen LogP) is 4.85. The second-order valence-corrected chi connectivity index (χ2v) is 8.95. The molecular formula is C23H22O4S. The van der Waals surface area contributed by atoms with Crippen LogP contribution >= 0.6 is 11.8 Å². The van der Waals surface area contributed by atoms with Gasteiger partial charge in [0.25, 0.3) is 0 Å². The predicted molar refractivity (Wildman–Crippen MR) is 109 cm³/mol. The van der Waals surface area contributed by atoms with Crippen molar-refractivity contribution < 1.29 is 19.1 Å². The number of thioether (sulfide) groups is 1. The number of hydrogen-bond donors (Lipinski definition) is 1. The van der Waals surface area contributed by atoms with Gasteiger partial charge in [-0.3, -0.25) is 9.59 Å². The normalized spacial score (nSPS) is 26.7. The summed E-state index contributed by atoms with van der Waals surface area (Å²) in [5.41, 5.74) is 1.25. The molecule has 1 aromatic heterocycles.